The van der Waals surface area contributed by atoms with E-state index in [9.17, 15) is 19.7 Å². The molecular weight excluding hydrogens is 354 g/mol. The molecule has 1 aliphatic heterocycles. The highest BCUT2D eigenvalue weighted by Crippen LogP contribution is 2.22. The third-order valence-electron chi connectivity index (χ3n) is 4.49. The Morgan fingerprint density at radius 2 is 1.93 bits per heavy atom. The summed E-state index contributed by atoms with van der Waals surface area (Å²) in [5.41, 5.74) is 5.53. The summed E-state index contributed by atoms with van der Waals surface area (Å²) in [6.45, 7) is 1.74. The normalized spacial score (nSPS) is 14.7. The molecule has 0 aliphatic carbocycles. The van der Waals surface area contributed by atoms with Crippen molar-refractivity contribution in [3.63, 3.8) is 0 Å². The number of benzene rings is 1. The summed E-state index contributed by atoms with van der Waals surface area (Å²) < 4.78 is 6.96. The molecule has 0 atom stereocenters. The van der Waals surface area contributed by atoms with Crippen LogP contribution in [0.2, 0.25) is 0 Å². The van der Waals surface area contributed by atoms with Crippen LogP contribution in [0.25, 0.3) is 0 Å². The SMILES string of the molecule is NC(=O)c1cnn(CC2CCN(C(=O)Oc3ccc([N+](=O)[O-])cc3)CC2)c1. The topological polar surface area (TPSA) is 134 Å². The largest absolute Gasteiger partial charge is 0.415 e. The smallest absolute Gasteiger partial charge is 0.410 e. The van der Waals surface area contributed by atoms with Crippen LogP contribution in [0, 0.1) is 16.0 Å². The van der Waals surface area contributed by atoms with E-state index in [-0.39, 0.29) is 11.4 Å². The van der Waals surface area contributed by atoms with Gasteiger partial charge in [0.05, 0.1) is 16.7 Å². The van der Waals surface area contributed by atoms with Gasteiger partial charge in [-0.25, -0.2) is 4.79 Å². The minimum absolute atomic E-state index is 0.0614. The molecule has 1 saturated heterocycles. The highest BCUT2D eigenvalue weighted by Gasteiger charge is 2.25. The van der Waals surface area contributed by atoms with E-state index in [1.807, 2.05) is 0 Å². The number of nitro benzene ring substituents is 1. The average Bonchev–Trinajstić information content (AvgIpc) is 3.11. The molecule has 10 heteroatoms. The highest BCUT2D eigenvalue weighted by atomic mass is 16.6. The average molecular weight is 373 g/mol. The number of nitro groups is 1. The number of nitrogens with two attached hydrogens (primary N) is 1. The number of piperidine rings is 1. The molecule has 1 aromatic heterocycles. The first kappa shape index (κ1) is 18.4. The fraction of sp³-hybridized carbons (Fsp3) is 0.353. The maximum atomic E-state index is 12.2. The number of likely N-dealkylation sites (tertiary alicyclic amines) is 1. The molecule has 1 aromatic carbocycles. The minimum Gasteiger partial charge on any atom is -0.410 e. The van der Waals surface area contributed by atoms with Crippen LogP contribution >= 0.6 is 0 Å². The van der Waals surface area contributed by atoms with Gasteiger partial charge in [0, 0.05) is 38.0 Å². The molecule has 2 heterocycles. The molecule has 27 heavy (non-hydrogen) atoms. The van der Waals surface area contributed by atoms with Gasteiger partial charge >= 0.3 is 6.09 Å². The Labute approximate surface area is 154 Å². The number of rotatable bonds is 5. The molecule has 2 amide bonds. The Morgan fingerprint density at radius 3 is 2.48 bits per heavy atom. The standard InChI is InChI=1S/C17H19N5O5/c18-16(23)13-9-19-21(11-13)10-12-5-7-20(8-6-12)17(24)27-15-3-1-14(2-4-15)22(25)26/h1-4,9,11-12H,5-8,10H2,(H2,18,23). The maximum absolute atomic E-state index is 12.2. The zero-order chi connectivity index (χ0) is 19.4. The third-order valence-corrected chi connectivity index (χ3v) is 4.49. The van der Waals surface area contributed by atoms with Gasteiger partial charge in [0.25, 0.3) is 11.6 Å². The first-order valence-corrected chi connectivity index (χ1v) is 8.46. The summed E-state index contributed by atoms with van der Waals surface area (Å²) in [5, 5.41) is 14.8. The fourth-order valence-corrected chi connectivity index (χ4v) is 2.95. The van der Waals surface area contributed by atoms with Gasteiger partial charge < -0.3 is 15.4 Å². The Kier molecular flexibility index (Phi) is 5.34. The van der Waals surface area contributed by atoms with Crippen molar-refractivity contribution in [2.24, 2.45) is 11.7 Å². The second kappa shape index (κ2) is 7.85. The van der Waals surface area contributed by atoms with Crippen molar-refractivity contribution in [1.82, 2.24) is 14.7 Å². The van der Waals surface area contributed by atoms with Crippen LogP contribution in [0.5, 0.6) is 5.75 Å². The molecule has 1 fully saturated rings. The molecule has 3 rings (SSSR count). The van der Waals surface area contributed by atoms with Gasteiger partial charge in [-0.15, -0.1) is 0 Å². The van der Waals surface area contributed by atoms with Gasteiger partial charge in [-0.1, -0.05) is 0 Å². The molecule has 2 aromatic rings. The van der Waals surface area contributed by atoms with Crippen LogP contribution in [0.4, 0.5) is 10.5 Å². The zero-order valence-electron chi connectivity index (χ0n) is 14.5. The number of non-ortho nitro benzene ring substituents is 1. The number of carbonyl (C=O) groups is 2. The fourth-order valence-electron chi connectivity index (χ4n) is 2.95. The van der Waals surface area contributed by atoms with Gasteiger partial charge in [-0.3, -0.25) is 19.6 Å². The second-order valence-corrected chi connectivity index (χ2v) is 6.36. The zero-order valence-corrected chi connectivity index (χ0v) is 14.5. The number of hydrogen-bond donors (Lipinski definition) is 1. The van der Waals surface area contributed by atoms with E-state index in [1.165, 1.54) is 30.5 Å². The van der Waals surface area contributed by atoms with Crippen molar-refractivity contribution < 1.29 is 19.2 Å². The molecule has 0 bridgehead atoms. The van der Waals surface area contributed by atoms with E-state index in [4.69, 9.17) is 10.5 Å². The number of ether oxygens (including phenoxy) is 1. The van der Waals surface area contributed by atoms with Crippen molar-refractivity contribution in [2.75, 3.05) is 13.1 Å². The number of primary amides is 1. The van der Waals surface area contributed by atoms with E-state index >= 15 is 0 Å². The summed E-state index contributed by atoms with van der Waals surface area (Å²) >= 11 is 0. The number of aromatic nitrogens is 2. The molecule has 10 nitrogen and oxygen atoms in total. The molecule has 1 aliphatic rings. The van der Waals surface area contributed by atoms with Gasteiger partial charge in [0.1, 0.15) is 5.75 Å². The van der Waals surface area contributed by atoms with Crippen molar-refractivity contribution in [2.45, 2.75) is 19.4 Å². The Hall–Kier alpha value is -3.43. The van der Waals surface area contributed by atoms with E-state index in [2.05, 4.69) is 5.10 Å². The summed E-state index contributed by atoms with van der Waals surface area (Å²) in [6.07, 6.45) is 4.15. The summed E-state index contributed by atoms with van der Waals surface area (Å²) in [4.78, 5) is 35.1. The predicted molar refractivity (Wildman–Crippen MR) is 94.2 cm³/mol. The lowest BCUT2D eigenvalue weighted by molar-refractivity contribution is -0.384. The predicted octanol–water partition coefficient (Wildman–Crippen LogP) is 1.80. The summed E-state index contributed by atoms with van der Waals surface area (Å²) in [6, 6.07) is 5.38. The van der Waals surface area contributed by atoms with Crippen LogP contribution in [0.1, 0.15) is 23.2 Å². The van der Waals surface area contributed by atoms with Gasteiger partial charge in [0.15, 0.2) is 0 Å². The van der Waals surface area contributed by atoms with Crippen molar-refractivity contribution in [3.8, 4) is 5.75 Å². The van der Waals surface area contributed by atoms with E-state index < -0.39 is 16.9 Å². The van der Waals surface area contributed by atoms with Crippen LogP contribution in [-0.2, 0) is 6.54 Å². The Balaban J connectivity index is 1.48. The minimum atomic E-state index is -0.512. The van der Waals surface area contributed by atoms with E-state index in [0.29, 0.717) is 31.1 Å². The monoisotopic (exact) mass is 373 g/mol. The molecule has 0 unspecified atom stereocenters. The lowest BCUT2D eigenvalue weighted by atomic mass is 9.97. The first-order chi connectivity index (χ1) is 12.9. The molecular formula is C17H19N5O5. The molecule has 0 saturated carbocycles. The number of carbonyl (C=O) groups excluding carboxylic acids is 2. The van der Waals surface area contributed by atoms with Crippen molar-refractivity contribution in [1.29, 1.82) is 0 Å². The number of hydrogen-bond acceptors (Lipinski definition) is 6. The summed E-state index contributed by atoms with van der Waals surface area (Å²) in [5.74, 6) is 0.0855. The molecule has 142 valence electrons. The summed E-state index contributed by atoms with van der Waals surface area (Å²) in [7, 11) is 0. The lowest BCUT2D eigenvalue weighted by Crippen LogP contribution is -2.40. The highest BCUT2D eigenvalue weighted by molar-refractivity contribution is 5.92. The van der Waals surface area contributed by atoms with Gasteiger partial charge in [0.2, 0.25) is 0 Å². The Bertz CT molecular complexity index is 840. The van der Waals surface area contributed by atoms with Crippen LogP contribution in [0.15, 0.2) is 36.7 Å². The van der Waals surface area contributed by atoms with Crippen LogP contribution in [0.3, 0.4) is 0 Å². The molecule has 0 radical (unpaired) electrons. The van der Waals surface area contributed by atoms with E-state index in [0.717, 1.165) is 12.8 Å². The Morgan fingerprint density at radius 1 is 1.26 bits per heavy atom. The third kappa shape index (κ3) is 4.60. The maximum Gasteiger partial charge on any atom is 0.415 e. The number of amides is 2. The van der Waals surface area contributed by atoms with Crippen LogP contribution in [-0.4, -0.2) is 44.7 Å². The van der Waals surface area contributed by atoms with Gasteiger partial charge in [-0.2, -0.15) is 5.10 Å². The molecule has 2 N–H and O–H groups in total. The van der Waals surface area contributed by atoms with E-state index in [1.54, 1.807) is 15.8 Å². The first-order valence-electron chi connectivity index (χ1n) is 8.46. The van der Waals surface area contributed by atoms with Crippen molar-refractivity contribution in [3.05, 3.63) is 52.3 Å². The quantitative estimate of drug-likeness (QED) is 0.627. The molecule has 0 spiro atoms. The second-order valence-electron chi connectivity index (χ2n) is 6.36. The van der Waals surface area contributed by atoms with Gasteiger partial charge in [-0.05, 0) is 30.9 Å². The van der Waals surface area contributed by atoms with Crippen LogP contribution < -0.4 is 10.5 Å². The number of nitrogens with zero attached hydrogens (tertiary/aromatic N) is 4. The van der Waals surface area contributed by atoms with Crippen molar-refractivity contribution >= 4 is 17.7 Å². The lowest BCUT2D eigenvalue weighted by Gasteiger charge is -2.31.